The fourth-order valence-electron chi connectivity index (χ4n) is 3.43. The zero-order valence-electron chi connectivity index (χ0n) is 19.1. The van der Waals surface area contributed by atoms with Crippen LogP contribution in [0, 0.1) is 6.92 Å². The highest BCUT2D eigenvalue weighted by atomic mass is 16.5. The van der Waals surface area contributed by atoms with Crippen LogP contribution in [-0.2, 0) is 22.4 Å². The number of rotatable bonds is 10. The average molecular weight is 462 g/mol. The predicted molar refractivity (Wildman–Crippen MR) is 128 cm³/mol. The largest absolute Gasteiger partial charge is 0.497 e. The number of carbonyl (C=O) groups excluding carboxylic acids is 3. The van der Waals surface area contributed by atoms with Gasteiger partial charge >= 0.3 is 0 Å². The van der Waals surface area contributed by atoms with E-state index in [9.17, 15) is 19.2 Å². The molecule has 176 valence electrons. The van der Waals surface area contributed by atoms with Crippen molar-refractivity contribution in [1.29, 1.82) is 0 Å². The Labute approximate surface area is 197 Å². The van der Waals surface area contributed by atoms with E-state index in [0.717, 1.165) is 16.9 Å². The van der Waals surface area contributed by atoms with Gasteiger partial charge in [0.15, 0.2) is 0 Å². The van der Waals surface area contributed by atoms with Gasteiger partial charge < -0.3 is 20.4 Å². The molecule has 0 aliphatic heterocycles. The zero-order chi connectivity index (χ0) is 24.5. The molecule has 0 aliphatic rings. The molecule has 1 heterocycles. The van der Waals surface area contributed by atoms with Crippen molar-refractivity contribution in [2.24, 2.45) is 0 Å². The lowest BCUT2D eigenvalue weighted by Gasteiger charge is -2.18. The molecule has 0 bridgehead atoms. The maximum absolute atomic E-state index is 13.0. The number of H-pyrrole nitrogens is 1. The van der Waals surface area contributed by atoms with E-state index in [1.54, 1.807) is 14.0 Å². The van der Waals surface area contributed by atoms with Crippen LogP contribution < -0.4 is 20.9 Å². The molecule has 3 rings (SSSR count). The number of Topliss-reactive ketones (excluding diaryl/α,β-unsaturated/α-hetero) is 1. The zero-order valence-corrected chi connectivity index (χ0v) is 19.1. The van der Waals surface area contributed by atoms with E-state index in [-0.39, 0.29) is 18.7 Å². The van der Waals surface area contributed by atoms with Gasteiger partial charge in [-0.3, -0.25) is 19.2 Å². The Morgan fingerprint density at radius 1 is 0.941 bits per heavy atom. The van der Waals surface area contributed by atoms with Gasteiger partial charge in [0.1, 0.15) is 17.5 Å². The van der Waals surface area contributed by atoms with E-state index >= 15 is 0 Å². The second-order valence-corrected chi connectivity index (χ2v) is 7.81. The van der Waals surface area contributed by atoms with Crippen LogP contribution in [0.3, 0.4) is 0 Å². The summed E-state index contributed by atoms with van der Waals surface area (Å²) in [6.45, 7) is 1.93. The summed E-state index contributed by atoms with van der Waals surface area (Å²) in [5.74, 6) is -1.44. The van der Waals surface area contributed by atoms with Crippen molar-refractivity contribution < 1.29 is 19.1 Å². The number of aryl methyl sites for hydroxylation is 1. The van der Waals surface area contributed by atoms with Gasteiger partial charge in [-0.2, -0.15) is 0 Å². The maximum Gasteiger partial charge on any atom is 0.289 e. The molecule has 1 aromatic heterocycles. The molecular weight excluding hydrogens is 434 g/mol. The standard InChI is InChI=1S/C26H27N3O5/c1-17-8-13-22(30)29-23(17)25(32)28-21(16-19-6-4-3-5-7-19)24(31)26(33)27-15-14-18-9-11-20(34-2)12-10-18/h3-13,21H,14-16H2,1-2H3,(H,27,33)(H,28,32)(H,29,30)/t21-/m0/s1. The third-order valence-corrected chi connectivity index (χ3v) is 5.34. The quantitative estimate of drug-likeness (QED) is 0.399. The van der Waals surface area contributed by atoms with Gasteiger partial charge in [0.05, 0.1) is 7.11 Å². The normalized spacial score (nSPS) is 11.4. The Hall–Kier alpha value is -4.20. The Morgan fingerprint density at radius 3 is 2.32 bits per heavy atom. The summed E-state index contributed by atoms with van der Waals surface area (Å²) in [5, 5.41) is 5.25. The van der Waals surface area contributed by atoms with Crippen molar-refractivity contribution >= 4 is 17.6 Å². The first kappa shape index (κ1) is 24.4. The Balaban J connectivity index is 1.69. The Bertz CT molecular complexity index is 1200. The lowest BCUT2D eigenvalue weighted by Crippen LogP contribution is -2.49. The average Bonchev–Trinajstić information content (AvgIpc) is 2.85. The van der Waals surface area contributed by atoms with E-state index in [1.165, 1.54) is 12.1 Å². The summed E-state index contributed by atoms with van der Waals surface area (Å²) in [7, 11) is 1.59. The molecule has 8 heteroatoms. The first-order valence-corrected chi connectivity index (χ1v) is 10.9. The van der Waals surface area contributed by atoms with Gasteiger partial charge in [-0.05, 0) is 42.2 Å². The lowest BCUT2D eigenvalue weighted by molar-refractivity contribution is -0.138. The molecule has 1 atom stereocenters. The molecule has 0 unspecified atom stereocenters. The van der Waals surface area contributed by atoms with Crippen LogP contribution in [0.2, 0.25) is 0 Å². The van der Waals surface area contributed by atoms with E-state index in [1.807, 2.05) is 54.6 Å². The van der Waals surface area contributed by atoms with Gasteiger partial charge in [-0.15, -0.1) is 0 Å². The molecule has 0 radical (unpaired) electrons. The number of ketones is 1. The minimum atomic E-state index is -1.10. The molecule has 34 heavy (non-hydrogen) atoms. The van der Waals surface area contributed by atoms with Crippen LogP contribution in [0.25, 0.3) is 0 Å². The minimum absolute atomic E-state index is 0.0540. The summed E-state index contributed by atoms with van der Waals surface area (Å²) in [4.78, 5) is 52.6. The Morgan fingerprint density at radius 2 is 1.65 bits per heavy atom. The van der Waals surface area contributed by atoms with E-state index in [0.29, 0.717) is 12.0 Å². The van der Waals surface area contributed by atoms with Gasteiger partial charge in [0.2, 0.25) is 11.3 Å². The number of ether oxygens (including phenoxy) is 1. The van der Waals surface area contributed by atoms with Gasteiger partial charge in [-0.25, -0.2) is 0 Å². The molecule has 0 saturated heterocycles. The molecule has 2 amide bonds. The van der Waals surface area contributed by atoms with Gasteiger partial charge in [-0.1, -0.05) is 48.5 Å². The number of pyridine rings is 1. The summed E-state index contributed by atoms with van der Waals surface area (Å²) in [5.41, 5.74) is 1.93. The molecular formula is C26H27N3O5. The second-order valence-electron chi connectivity index (χ2n) is 7.81. The van der Waals surface area contributed by atoms with Crippen molar-refractivity contribution in [3.8, 4) is 5.75 Å². The number of hydrogen-bond acceptors (Lipinski definition) is 5. The van der Waals surface area contributed by atoms with Crippen molar-refractivity contribution in [2.75, 3.05) is 13.7 Å². The van der Waals surface area contributed by atoms with Gasteiger partial charge in [0, 0.05) is 19.0 Å². The highest BCUT2D eigenvalue weighted by Gasteiger charge is 2.28. The first-order chi connectivity index (χ1) is 16.4. The van der Waals surface area contributed by atoms with Crippen molar-refractivity contribution in [3.63, 3.8) is 0 Å². The topological polar surface area (TPSA) is 117 Å². The van der Waals surface area contributed by atoms with E-state index in [2.05, 4.69) is 15.6 Å². The van der Waals surface area contributed by atoms with Crippen LogP contribution in [0.15, 0.2) is 71.5 Å². The minimum Gasteiger partial charge on any atom is -0.497 e. The van der Waals surface area contributed by atoms with Crippen molar-refractivity contribution in [2.45, 2.75) is 25.8 Å². The maximum atomic E-state index is 13.0. The number of amides is 2. The van der Waals surface area contributed by atoms with Crippen molar-refractivity contribution in [3.05, 3.63) is 99.5 Å². The van der Waals surface area contributed by atoms with Crippen LogP contribution >= 0.6 is 0 Å². The highest BCUT2D eigenvalue weighted by Crippen LogP contribution is 2.11. The molecule has 3 N–H and O–H groups in total. The lowest BCUT2D eigenvalue weighted by atomic mass is 10.0. The number of aromatic amines is 1. The molecule has 0 spiro atoms. The third kappa shape index (κ3) is 6.65. The van der Waals surface area contributed by atoms with E-state index < -0.39 is 29.2 Å². The number of hydrogen-bond donors (Lipinski definition) is 3. The SMILES string of the molecule is COc1ccc(CCNC(=O)C(=O)[C@H](Cc2ccccc2)NC(=O)c2[nH]c(=O)ccc2C)cc1. The summed E-state index contributed by atoms with van der Waals surface area (Å²) < 4.78 is 5.13. The second kappa shape index (κ2) is 11.6. The number of nitrogens with one attached hydrogen (secondary N) is 3. The Kier molecular flexibility index (Phi) is 8.34. The molecule has 0 fully saturated rings. The molecule has 0 aliphatic carbocycles. The predicted octanol–water partition coefficient (Wildman–Crippen LogP) is 1.96. The number of carbonyl (C=O) groups is 3. The number of methoxy groups -OCH3 is 1. The number of aromatic nitrogens is 1. The monoisotopic (exact) mass is 461 g/mol. The fourth-order valence-corrected chi connectivity index (χ4v) is 3.43. The highest BCUT2D eigenvalue weighted by molar-refractivity contribution is 6.38. The van der Waals surface area contributed by atoms with Crippen LogP contribution in [-0.4, -0.2) is 42.3 Å². The summed E-state index contributed by atoms with van der Waals surface area (Å²) in [6.07, 6.45) is 0.663. The number of benzene rings is 2. The fraction of sp³-hybridized carbons (Fsp3) is 0.231. The molecule has 0 saturated carbocycles. The van der Waals surface area contributed by atoms with E-state index in [4.69, 9.17) is 4.74 Å². The summed E-state index contributed by atoms with van der Waals surface area (Å²) in [6, 6.07) is 18.2. The van der Waals surface area contributed by atoms with Crippen LogP contribution in [0.1, 0.15) is 27.2 Å². The van der Waals surface area contributed by atoms with Crippen LogP contribution in [0.5, 0.6) is 5.75 Å². The van der Waals surface area contributed by atoms with Crippen molar-refractivity contribution in [1.82, 2.24) is 15.6 Å². The first-order valence-electron chi connectivity index (χ1n) is 10.9. The molecule has 3 aromatic rings. The smallest absolute Gasteiger partial charge is 0.289 e. The third-order valence-electron chi connectivity index (χ3n) is 5.34. The molecule has 2 aromatic carbocycles. The van der Waals surface area contributed by atoms with Crippen LogP contribution in [0.4, 0.5) is 0 Å². The molecule has 8 nitrogen and oxygen atoms in total. The summed E-state index contributed by atoms with van der Waals surface area (Å²) >= 11 is 0. The van der Waals surface area contributed by atoms with Gasteiger partial charge in [0.25, 0.3) is 11.8 Å².